The number of benzene rings is 1. The summed E-state index contributed by atoms with van der Waals surface area (Å²) in [7, 11) is 0. The molecule has 0 saturated heterocycles. The normalized spacial score (nSPS) is 11.7. The van der Waals surface area contributed by atoms with Crippen LogP contribution in [0.15, 0.2) is 34.6 Å². The molecule has 2 N–H and O–H groups in total. The van der Waals surface area contributed by atoms with Crippen molar-refractivity contribution >= 4 is 57.6 Å². The molecule has 1 aromatic rings. The number of hydrogen-bond acceptors (Lipinski definition) is 6. The molecule has 130 valence electrons. The number of thiocarbonyl (C=S) groups is 2. The number of rotatable bonds is 6. The van der Waals surface area contributed by atoms with E-state index in [0.29, 0.717) is 11.4 Å². The minimum absolute atomic E-state index is 0.142. The van der Waals surface area contributed by atoms with Gasteiger partial charge in [0.1, 0.15) is 0 Å². The summed E-state index contributed by atoms with van der Waals surface area (Å²) in [5, 5.41) is 14.0. The Morgan fingerprint density at radius 1 is 0.875 bits per heavy atom. The molecule has 0 spiro atoms. The van der Waals surface area contributed by atoms with E-state index in [-0.39, 0.29) is 10.3 Å². The smallest absolute Gasteiger partial charge is 0.293 e. The van der Waals surface area contributed by atoms with Crippen molar-refractivity contribution in [2.24, 2.45) is 10.3 Å². The molecule has 0 fully saturated rings. The molecule has 0 aromatic heterocycles. The van der Waals surface area contributed by atoms with Crippen LogP contribution in [0.2, 0.25) is 0 Å². The predicted octanol–water partition coefficient (Wildman–Crippen LogP) is 4.69. The van der Waals surface area contributed by atoms with Crippen LogP contribution in [0.1, 0.15) is 40.5 Å². The van der Waals surface area contributed by atoms with E-state index in [0.717, 1.165) is 24.3 Å². The van der Waals surface area contributed by atoms with Gasteiger partial charge in [0.2, 0.25) is 0 Å². The zero-order chi connectivity index (χ0) is 17.9. The number of nitrogens with zero attached hydrogens (tertiary/aromatic N) is 2. The second-order valence-electron chi connectivity index (χ2n) is 4.91. The summed E-state index contributed by atoms with van der Waals surface area (Å²) in [5.74, 6) is 0. The van der Waals surface area contributed by atoms with Gasteiger partial charge in [-0.15, -0.1) is 0 Å². The molecule has 0 bridgehead atoms. The quantitative estimate of drug-likeness (QED) is 0.433. The Balaban J connectivity index is 2.71. The first kappa shape index (κ1) is 20.0. The summed E-state index contributed by atoms with van der Waals surface area (Å²) in [6.45, 7) is 7.71. The molecular formula is C16H22N4O2S2. The molecular weight excluding hydrogens is 344 g/mol. The SMILES string of the molecule is CCC(C)=NOC(=S)Nc1ccccc1NC(=S)ON=C(C)CC. The average Bonchev–Trinajstić information content (AvgIpc) is 2.59. The van der Waals surface area contributed by atoms with Crippen molar-refractivity contribution in [3.63, 3.8) is 0 Å². The van der Waals surface area contributed by atoms with E-state index in [9.17, 15) is 0 Å². The maximum atomic E-state index is 5.15. The Morgan fingerprint density at radius 2 is 1.25 bits per heavy atom. The van der Waals surface area contributed by atoms with Gasteiger partial charge in [-0.1, -0.05) is 36.3 Å². The first-order chi connectivity index (χ1) is 11.5. The van der Waals surface area contributed by atoms with Gasteiger partial charge in [-0.2, -0.15) is 0 Å². The summed E-state index contributed by atoms with van der Waals surface area (Å²) in [6, 6.07) is 7.38. The van der Waals surface area contributed by atoms with Crippen molar-refractivity contribution < 1.29 is 9.68 Å². The fourth-order valence-corrected chi connectivity index (χ4v) is 1.63. The summed E-state index contributed by atoms with van der Waals surface area (Å²) in [4.78, 5) is 10.3. The van der Waals surface area contributed by atoms with Crippen molar-refractivity contribution in [2.45, 2.75) is 40.5 Å². The summed E-state index contributed by atoms with van der Waals surface area (Å²) < 4.78 is 0. The van der Waals surface area contributed by atoms with Crippen LogP contribution in [0.25, 0.3) is 0 Å². The topological polar surface area (TPSA) is 67.2 Å². The Hall–Kier alpha value is -2.06. The second kappa shape index (κ2) is 10.7. The van der Waals surface area contributed by atoms with Crippen molar-refractivity contribution in [3.05, 3.63) is 24.3 Å². The lowest BCUT2D eigenvalue weighted by molar-refractivity contribution is 0.334. The molecule has 6 nitrogen and oxygen atoms in total. The van der Waals surface area contributed by atoms with Gasteiger partial charge in [-0.25, -0.2) is 0 Å². The van der Waals surface area contributed by atoms with E-state index >= 15 is 0 Å². The highest BCUT2D eigenvalue weighted by Gasteiger charge is 2.07. The van der Waals surface area contributed by atoms with Crippen LogP contribution >= 0.6 is 24.4 Å². The van der Waals surface area contributed by atoms with Gasteiger partial charge in [-0.3, -0.25) is 0 Å². The van der Waals surface area contributed by atoms with Crippen LogP contribution < -0.4 is 10.6 Å². The van der Waals surface area contributed by atoms with Gasteiger partial charge in [0, 0.05) is 0 Å². The molecule has 1 rings (SSSR count). The van der Waals surface area contributed by atoms with Crippen LogP contribution in [0.4, 0.5) is 11.4 Å². The van der Waals surface area contributed by atoms with Gasteiger partial charge < -0.3 is 20.3 Å². The molecule has 0 heterocycles. The second-order valence-corrected chi connectivity index (χ2v) is 5.65. The highest BCUT2D eigenvalue weighted by molar-refractivity contribution is 7.80. The number of nitrogens with one attached hydrogen (secondary N) is 2. The standard InChI is InChI=1S/C16H22N4O2S2/c1-5-11(3)19-21-15(23)17-13-9-7-8-10-14(13)18-16(24)22-20-12(4)6-2/h7-10H,5-6H2,1-4H3,(H,17,23)(H,18,24). The molecule has 0 atom stereocenters. The van der Waals surface area contributed by atoms with Gasteiger partial charge >= 0.3 is 0 Å². The van der Waals surface area contributed by atoms with Gasteiger partial charge in [0.15, 0.2) is 0 Å². The van der Waals surface area contributed by atoms with Crippen molar-refractivity contribution in [2.75, 3.05) is 10.6 Å². The van der Waals surface area contributed by atoms with Crippen molar-refractivity contribution in [1.29, 1.82) is 0 Å². The highest BCUT2D eigenvalue weighted by atomic mass is 32.1. The maximum absolute atomic E-state index is 5.15. The molecule has 8 heteroatoms. The molecule has 0 aliphatic heterocycles. The summed E-state index contributed by atoms with van der Waals surface area (Å²) in [5.41, 5.74) is 3.08. The zero-order valence-electron chi connectivity index (χ0n) is 14.3. The van der Waals surface area contributed by atoms with Gasteiger partial charge in [0.25, 0.3) is 10.3 Å². The lowest BCUT2D eigenvalue weighted by atomic mass is 10.2. The lowest BCUT2D eigenvalue weighted by Crippen LogP contribution is -2.16. The average molecular weight is 367 g/mol. The third-order valence-electron chi connectivity index (χ3n) is 2.99. The van der Waals surface area contributed by atoms with Crippen LogP contribution in [-0.4, -0.2) is 21.8 Å². The summed E-state index contributed by atoms with van der Waals surface area (Å²) >= 11 is 10.2. The summed E-state index contributed by atoms with van der Waals surface area (Å²) in [6.07, 6.45) is 1.59. The van der Waals surface area contributed by atoms with Crippen molar-refractivity contribution in [3.8, 4) is 0 Å². The fraction of sp³-hybridized carbons (Fsp3) is 0.375. The molecule has 1 aromatic carbocycles. The maximum Gasteiger partial charge on any atom is 0.293 e. The first-order valence-corrected chi connectivity index (χ1v) is 8.39. The molecule has 0 radical (unpaired) electrons. The Morgan fingerprint density at radius 3 is 1.58 bits per heavy atom. The third kappa shape index (κ3) is 7.47. The van der Waals surface area contributed by atoms with Crippen molar-refractivity contribution in [1.82, 2.24) is 0 Å². The predicted molar refractivity (Wildman–Crippen MR) is 108 cm³/mol. The van der Waals surface area contributed by atoms with E-state index < -0.39 is 0 Å². The molecule has 0 amide bonds. The van der Waals surface area contributed by atoms with Crippen LogP contribution in [0.5, 0.6) is 0 Å². The number of para-hydroxylation sites is 2. The minimum Gasteiger partial charge on any atom is -0.326 e. The number of anilines is 2. The Bertz CT molecular complexity index is 590. The number of oxime groups is 2. The van der Waals surface area contributed by atoms with E-state index in [1.165, 1.54) is 0 Å². The minimum atomic E-state index is 0.142. The largest absolute Gasteiger partial charge is 0.326 e. The molecule has 0 aliphatic carbocycles. The van der Waals surface area contributed by atoms with Gasteiger partial charge in [-0.05, 0) is 63.3 Å². The number of hydrogen-bond donors (Lipinski definition) is 2. The van der Waals surface area contributed by atoms with Crippen LogP contribution in [0.3, 0.4) is 0 Å². The fourth-order valence-electron chi connectivity index (χ4n) is 1.33. The molecule has 0 aliphatic rings. The Labute approximate surface area is 153 Å². The lowest BCUT2D eigenvalue weighted by Gasteiger charge is -2.12. The Kier molecular flexibility index (Phi) is 8.88. The molecule has 0 saturated carbocycles. The van der Waals surface area contributed by atoms with E-state index in [4.69, 9.17) is 34.1 Å². The van der Waals surface area contributed by atoms with E-state index in [1.54, 1.807) is 0 Å². The monoisotopic (exact) mass is 366 g/mol. The van der Waals surface area contributed by atoms with Crippen LogP contribution in [-0.2, 0) is 9.68 Å². The molecule has 0 unspecified atom stereocenters. The van der Waals surface area contributed by atoms with E-state index in [1.807, 2.05) is 52.0 Å². The van der Waals surface area contributed by atoms with Crippen LogP contribution in [0, 0.1) is 0 Å². The third-order valence-corrected chi connectivity index (χ3v) is 3.35. The highest BCUT2D eigenvalue weighted by Crippen LogP contribution is 2.21. The van der Waals surface area contributed by atoms with Gasteiger partial charge in [0.05, 0.1) is 22.8 Å². The zero-order valence-corrected chi connectivity index (χ0v) is 15.9. The first-order valence-electron chi connectivity index (χ1n) is 7.58. The molecule has 24 heavy (non-hydrogen) atoms. The van der Waals surface area contributed by atoms with E-state index in [2.05, 4.69) is 20.9 Å².